The van der Waals surface area contributed by atoms with Gasteiger partial charge in [-0.2, -0.15) is 0 Å². The highest BCUT2D eigenvalue weighted by molar-refractivity contribution is 5.55. The summed E-state index contributed by atoms with van der Waals surface area (Å²) in [6.07, 6.45) is 5.57. The SMILES string of the molecule is Cc1ncc2c(n1)CCC(C=O)C2. The van der Waals surface area contributed by atoms with Gasteiger partial charge in [0.1, 0.15) is 12.1 Å². The van der Waals surface area contributed by atoms with E-state index < -0.39 is 0 Å². The van der Waals surface area contributed by atoms with Crippen molar-refractivity contribution in [3.05, 3.63) is 23.3 Å². The number of nitrogens with zero attached hydrogens (tertiary/aromatic N) is 2. The van der Waals surface area contributed by atoms with Crippen LogP contribution in [-0.2, 0) is 17.6 Å². The molecule has 0 amide bonds. The minimum atomic E-state index is 0.179. The second-order valence-electron chi connectivity index (χ2n) is 3.53. The summed E-state index contributed by atoms with van der Waals surface area (Å²) in [6.45, 7) is 1.89. The van der Waals surface area contributed by atoms with Crippen molar-refractivity contribution in [2.45, 2.75) is 26.2 Å². The molecule has 0 bridgehead atoms. The Labute approximate surface area is 77.2 Å². The van der Waals surface area contributed by atoms with Crippen LogP contribution < -0.4 is 0 Å². The van der Waals surface area contributed by atoms with Crippen molar-refractivity contribution in [2.24, 2.45) is 5.92 Å². The van der Waals surface area contributed by atoms with E-state index in [1.54, 1.807) is 0 Å². The van der Waals surface area contributed by atoms with Crippen molar-refractivity contribution in [1.82, 2.24) is 9.97 Å². The molecular formula is C10H12N2O. The van der Waals surface area contributed by atoms with Crippen LogP contribution in [0.2, 0.25) is 0 Å². The molecule has 0 fully saturated rings. The van der Waals surface area contributed by atoms with Gasteiger partial charge < -0.3 is 4.79 Å². The fourth-order valence-electron chi connectivity index (χ4n) is 1.75. The van der Waals surface area contributed by atoms with E-state index >= 15 is 0 Å². The molecule has 1 heterocycles. The Morgan fingerprint density at radius 3 is 3.23 bits per heavy atom. The van der Waals surface area contributed by atoms with Crippen LogP contribution in [0.4, 0.5) is 0 Å². The zero-order valence-electron chi connectivity index (χ0n) is 7.66. The smallest absolute Gasteiger partial charge is 0.125 e. The summed E-state index contributed by atoms with van der Waals surface area (Å²) in [5, 5.41) is 0. The van der Waals surface area contributed by atoms with Crippen LogP contribution in [0.5, 0.6) is 0 Å². The van der Waals surface area contributed by atoms with Crippen molar-refractivity contribution in [3.63, 3.8) is 0 Å². The molecule has 0 saturated heterocycles. The zero-order chi connectivity index (χ0) is 9.26. The van der Waals surface area contributed by atoms with Gasteiger partial charge in [0.05, 0.1) is 0 Å². The molecule has 1 aliphatic rings. The lowest BCUT2D eigenvalue weighted by Gasteiger charge is -2.18. The maximum Gasteiger partial charge on any atom is 0.125 e. The molecule has 3 heteroatoms. The second-order valence-corrected chi connectivity index (χ2v) is 3.53. The predicted molar refractivity (Wildman–Crippen MR) is 48.3 cm³/mol. The molecule has 1 aliphatic carbocycles. The summed E-state index contributed by atoms with van der Waals surface area (Å²) >= 11 is 0. The van der Waals surface area contributed by atoms with Gasteiger partial charge in [0.25, 0.3) is 0 Å². The number of aryl methyl sites for hydroxylation is 2. The fourth-order valence-corrected chi connectivity index (χ4v) is 1.75. The summed E-state index contributed by atoms with van der Waals surface area (Å²) in [5.41, 5.74) is 2.28. The third kappa shape index (κ3) is 1.59. The monoisotopic (exact) mass is 176 g/mol. The first-order chi connectivity index (χ1) is 6.29. The lowest BCUT2D eigenvalue weighted by molar-refractivity contribution is -0.111. The van der Waals surface area contributed by atoms with Crippen LogP contribution >= 0.6 is 0 Å². The Hall–Kier alpha value is -1.25. The van der Waals surface area contributed by atoms with Crippen LogP contribution in [-0.4, -0.2) is 16.3 Å². The molecule has 0 saturated carbocycles. The number of carbonyl (C=O) groups is 1. The lowest BCUT2D eigenvalue weighted by Crippen LogP contribution is -2.17. The van der Waals surface area contributed by atoms with Crippen molar-refractivity contribution >= 4 is 6.29 Å². The molecule has 0 N–H and O–H groups in total. The van der Waals surface area contributed by atoms with Gasteiger partial charge in [-0.1, -0.05) is 0 Å². The third-order valence-electron chi connectivity index (χ3n) is 2.50. The first-order valence-electron chi connectivity index (χ1n) is 4.56. The van der Waals surface area contributed by atoms with Crippen LogP contribution in [0.3, 0.4) is 0 Å². The number of rotatable bonds is 1. The number of hydrogen-bond donors (Lipinski definition) is 0. The number of carbonyl (C=O) groups excluding carboxylic acids is 1. The predicted octanol–water partition coefficient (Wildman–Crippen LogP) is 1.09. The first kappa shape index (κ1) is 8.35. The van der Waals surface area contributed by atoms with Gasteiger partial charge in [-0.05, 0) is 31.7 Å². The number of hydrogen-bond acceptors (Lipinski definition) is 3. The first-order valence-corrected chi connectivity index (χ1v) is 4.56. The van der Waals surface area contributed by atoms with E-state index in [-0.39, 0.29) is 5.92 Å². The average Bonchev–Trinajstić information content (AvgIpc) is 2.17. The van der Waals surface area contributed by atoms with Gasteiger partial charge in [-0.25, -0.2) is 9.97 Å². The number of aromatic nitrogens is 2. The van der Waals surface area contributed by atoms with Gasteiger partial charge in [-0.3, -0.25) is 0 Å². The second kappa shape index (κ2) is 3.24. The number of fused-ring (bicyclic) bond motifs is 1. The normalized spacial score (nSPS) is 20.8. The summed E-state index contributed by atoms with van der Waals surface area (Å²) < 4.78 is 0. The summed E-state index contributed by atoms with van der Waals surface area (Å²) in [7, 11) is 0. The third-order valence-corrected chi connectivity index (χ3v) is 2.50. The van der Waals surface area contributed by atoms with Gasteiger partial charge in [-0.15, -0.1) is 0 Å². The quantitative estimate of drug-likeness (QED) is 0.601. The van der Waals surface area contributed by atoms with Gasteiger partial charge in [0.15, 0.2) is 0 Å². The lowest BCUT2D eigenvalue weighted by atomic mass is 9.88. The Bertz CT molecular complexity index is 336. The molecule has 13 heavy (non-hydrogen) atoms. The Morgan fingerprint density at radius 1 is 1.62 bits per heavy atom. The molecule has 0 radical (unpaired) electrons. The molecule has 2 rings (SSSR count). The standard InChI is InChI=1S/C10H12N2O/c1-7-11-5-9-4-8(6-13)2-3-10(9)12-7/h5-6,8H,2-4H2,1H3. The largest absolute Gasteiger partial charge is 0.303 e. The fraction of sp³-hybridized carbons (Fsp3) is 0.500. The van der Waals surface area contributed by atoms with Crippen LogP contribution in [0.25, 0.3) is 0 Å². The van der Waals surface area contributed by atoms with Gasteiger partial charge >= 0.3 is 0 Å². The van der Waals surface area contributed by atoms with Crippen molar-refractivity contribution < 1.29 is 4.79 Å². The van der Waals surface area contributed by atoms with E-state index in [4.69, 9.17) is 0 Å². The Morgan fingerprint density at radius 2 is 2.46 bits per heavy atom. The van der Waals surface area contributed by atoms with E-state index in [1.165, 1.54) is 0 Å². The molecule has 1 atom stereocenters. The molecular weight excluding hydrogens is 164 g/mol. The molecule has 68 valence electrons. The van der Waals surface area contributed by atoms with E-state index in [9.17, 15) is 4.79 Å². The number of aldehydes is 1. The van der Waals surface area contributed by atoms with Crippen molar-refractivity contribution in [3.8, 4) is 0 Å². The minimum absolute atomic E-state index is 0.179. The van der Waals surface area contributed by atoms with Gasteiger partial charge in [0, 0.05) is 17.8 Å². The van der Waals surface area contributed by atoms with Crippen molar-refractivity contribution in [1.29, 1.82) is 0 Å². The molecule has 1 aromatic rings. The van der Waals surface area contributed by atoms with Crippen LogP contribution in [0.1, 0.15) is 23.5 Å². The molecule has 0 aliphatic heterocycles. The Balaban J connectivity index is 2.31. The van der Waals surface area contributed by atoms with E-state index in [0.717, 1.165) is 42.6 Å². The molecule has 0 spiro atoms. The summed E-state index contributed by atoms with van der Waals surface area (Å²) in [4.78, 5) is 19.1. The van der Waals surface area contributed by atoms with Crippen molar-refractivity contribution in [2.75, 3.05) is 0 Å². The molecule has 1 unspecified atom stereocenters. The maximum absolute atomic E-state index is 10.6. The molecule has 0 aromatic carbocycles. The highest BCUT2D eigenvalue weighted by atomic mass is 16.1. The highest BCUT2D eigenvalue weighted by Crippen LogP contribution is 2.21. The van der Waals surface area contributed by atoms with Gasteiger partial charge in [0.2, 0.25) is 0 Å². The summed E-state index contributed by atoms with van der Waals surface area (Å²) in [5.74, 6) is 1.00. The minimum Gasteiger partial charge on any atom is -0.303 e. The average molecular weight is 176 g/mol. The highest BCUT2D eigenvalue weighted by Gasteiger charge is 2.19. The van der Waals surface area contributed by atoms with Crippen LogP contribution in [0, 0.1) is 12.8 Å². The van der Waals surface area contributed by atoms with E-state index in [1.807, 2.05) is 13.1 Å². The maximum atomic E-state index is 10.6. The van der Waals surface area contributed by atoms with E-state index in [2.05, 4.69) is 9.97 Å². The Kier molecular flexibility index (Phi) is 2.08. The summed E-state index contributed by atoms with van der Waals surface area (Å²) in [6, 6.07) is 0. The topological polar surface area (TPSA) is 42.9 Å². The molecule has 3 nitrogen and oxygen atoms in total. The van der Waals surface area contributed by atoms with Crippen LogP contribution in [0.15, 0.2) is 6.20 Å². The molecule has 1 aromatic heterocycles. The zero-order valence-corrected chi connectivity index (χ0v) is 7.66. The van der Waals surface area contributed by atoms with E-state index in [0.29, 0.717) is 0 Å².